The molecule has 1 heterocycles. The summed E-state index contributed by atoms with van der Waals surface area (Å²) in [6.45, 7) is 15.0. The van der Waals surface area contributed by atoms with Crippen LogP contribution in [0.1, 0.15) is 84.0 Å². The van der Waals surface area contributed by atoms with E-state index in [0.29, 0.717) is 17.7 Å². The molecule has 3 aromatic rings. The van der Waals surface area contributed by atoms with Crippen molar-refractivity contribution in [2.24, 2.45) is 0 Å². The second-order valence-corrected chi connectivity index (χ2v) is 13.1. The van der Waals surface area contributed by atoms with Gasteiger partial charge in [0, 0.05) is 35.3 Å². The lowest BCUT2D eigenvalue weighted by Crippen LogP contribution is -2.44. The molecule has 0 aliphatic rings. The number of thioether (sulfide) groups is 1. The fourth-order valence-electron chi connectivity index (χ4n) is 4.87. The Hall–Kier alpha value is -3.52. The number of alkyl carbamates (subject to hydrolysis) is 1. The third-order valence-electron chi connectivity index (χ3n) is 7.24. The molecule has 0 saturated carbocycles. The summed E-state index contributed by atoms with van der Waals surface area (Å²) in [6, 6.07) is 22.8. The second-order valence-electron chi connectivity index (χ2n) is 12.1. The summed E-state index contributed by atoms with van der Waals surface area (Å²) in [5.41, 5.74) is 5.90. The quantitative estimate of drug-likeness (QED) is 0.191. The van der Waals surface area contributed by atoms with E-state index in [1.165, 1.54) is 28.6 Å². The Kier molecular flexibility index (Phi) is 12.5. The number of nitrogens with one attached hydrogen (secondary N) is 1. The van der Waals surface area contributed by atoms with Gasteiger partial charge in [-0.25, -0.2) is 9.59 Å². The van der Waals surface area contributed by atoms with Gasteiger partial charge in [0.25, 0.3) is 0 Å². The summed E-state index contributed by atoms with van der Waals surface area (Å²) in [4.78, 5) is 30.9. The van der Waals surface area contributed by atoms with E-state index in [-0.39, 0.29) is 5.75 Å². The molecule has 2 N–H and O–H groups in total. The summed E-state index contributed by atoms with van der Waals surface area (Å²) in [5, 5.41) is 12.0. The predicted octanol–water partition coefficient (Wildman–Crippen LogP) is 8.28. The van der Waals surface area contributed by atoms with Gasteiger partial charge in [0.15, 0.2) is 0 Å². The van der Waals surface area contributed by atoms with Crippen LogP contribution < -0.4 is 10.2 Å². The molecule has 1 aromatic heterocycles. The summed E-state index contributed by atoms with van der Waals surface area (Å²) < 4.78 is 5.19. The molecule has 0 fully saturated rings. The van der Waals surface area contributed by atoms with Gasteiger partial charge >= 0.3 is 12.1 Å². The minimum Gasteiger partial charge on any atom is -0.480 e. The maximum atomic E-state index is 12.0. The van der Waals surface area contributed by atoms with Crippen LogP contribution in [-0.4, -0.2) is 45.6 Å². The summed E-state index contributed by atoms with van der Waals surface area (Å²) >= 11 is 1.40. The average Bonchev–Trinajstić information content (AvgIpc) is 2.96. The van der Waals surface area contributed by atoms with Crippen LogP contribution in [0.3, 0.4) is 0 Å². The summed E-state index contributed by atoms with van der Waals surface area (Å²) in [7, 11) is 0. The zero-order valence-electron chi connectivity index (χ0n) is 26.6. The number of hydrogen-bond acceptors (Lipinski definition) is 6. The van der Waals surface area contributed by atoms with E-state index in [0.717, 1.165) is 36.3 Å². The highest BCUT2D eigenvalue weighted by molar-refractivity contribution is 7.98. The van der Waals surface area contributed by atoms with Gasteiger partial charge in [-0.15, -0.1) is 0 Å². The molecule has 0 radical (unpaired) electrons. The van der Waals surface area contributed by atoms with Crippen LogP contribution in [0.25, 0.3) is 11.3 Å². The fourth-order valence-corrected chi connectivity index (χ4v) is 5.82. The Morgan fingerprint density at radius 1 is 0.977 bits per heavy atom. The lowest BCUT2D eigenvalue weighted by molar-refractivity contribution is -0.138. The Morgan fingerprint density at radius 3 is 2.19 bits per heavy atom. The molecule has 0 aliphatic carbocycles. The molecule has 0 saturated heterocycles. The van der Waals surface area contributed by atoms with Gasteiger partial charge in [0.05, 0.1) is 11.4 Å². The van der Waals surface area contributed by atoms with Gasteiger partial charge in [0.1, 0.15) is 11.6 Å². The largest absolute Gasteiger partial charge is 0.480 e. The summed E-state index contributed by atoms with van der Waals surface area (Å²) in [5.74, 6) is 0.227. The van der Waals surface area contributed by atoms with Crippen LogP contribution in [0.5, 0.6) is 0 Å². The van der Waals surface area contributed by atoms with Gasteiger partial charge < -0.3 is 20.1 Å². The van der Waals surface area contributed by atoms with Crippen molar-refractivity contribution in [1.82, 2.24) is 10.3 Å². The van der Waals surface area contributed by atoms with Gasteiger partial charge in [0.2, 0.25) is 0 Å². The van der Waals surface area contributed by atoms with Crippen molar-refractivity contribution in [2.45, 2.75) is 97.2 Å². The number of carbonyl (C=O) groups is 2. The normalized spacial score (nSPS) is 12.3. The number of aromatic nitrogens is 1. The van der Waals surface area contributed by atoms with E-state index >= 15 is 0 Å². The van der Waals surface area contributed by atoms with Crippen molar-refractivity contribution in [3.63, 3.8) is 0 Å². The number of rotatable bonds is 14. The third kappa shape index (κ3) is 10.6. The Balaban J connectivity index is 1.62. The van der Waals surface area contributed by atoms with Crippen LogP contribution >= 0.6 is 11.8 Å². The van der Waals surface area contributed by atoms with Crippen molar-refractivity contribution in [1.29, 1.82) is 0 Å². The van der Waals surface area contributed by atoms with E-state index in [4.69, 9.17) is 9.72 Å². The topological polar surface area (TPSA) is 91.8 Å². The minimum atomic E-state index is -1.10. The maximum absolute atomic E-state index is 12.0. The van der Waals surface area contributed by atoms with Crippen LogP contribution in [0, 0.1) is 0 Å². The highest BCUT2D eigenvalue weighted by Crippen LogP contribution is 2.28. The van der Waals surface area contributed by atoms with Gasteiger partial charge in [-0.3, -0.25) is 4.98 Å². The van der Waals surface area contributed by atoms with Crippen molar-refractivity contribution in [3.05, 3.63) is 83.6 Å². The average molecular weight is 606 g/mol. The van der Waals surface area contributed by atoms with Crippen LogP contribution in [0.15, 0.2) is 66.7 Å². The number of pyridine rings is 1. The first-order valence-corrected chi connectivity index (χ1v) is 16.3. The zero-order valence-corrected chi connectivity index (χ0v) is 27.4. The molecule has 0 bridgehead atoms. The Bertz CT molecular complexity index is 1320. The molecular formula is C35H47N3O4S. The Labute approximate surface area is 261 Å². The lowest BCUT2D eigenvalue weighted by atomic mass is 9.94. The van der Waals surface area contributed by atoms with Crippen LogP contribution in [0.4, 0.5) is 10.5 Å². The molecule has 1 amide bonds. The monoisotopic (exact) mass is 605 g/mol. The van der Waals surface area contributed by atoms with E-state index in [2.05, 4.69) is 86.4 Å². The number of nitrogens with zero attached hydrogens (tertiary/aromatic N) is 2. The van der Waals surface area contributed by atoms with Gasteiger partial charge in [-0.2, -0.15) is 11.8 Å². The van der Waals surface area contributed by atoms with E-state index in [1.807, 2.05) is 18.2 Å². The Morgan fingerprint density at radius 2 is 1.63 bits per heavy atom. The van der Waals surface area contributed by atoms with Crippen LogP contribution in [0.2, 0.25) is 0 Å². The molecule has 0 unspecified atom stereocenters. The first kappa shape index (κ1) is 34.0. The molecule has 8 heteroatoms. The number of carbonyl (C=O) groups excluding carboxylic acids is 1. The molecule has 7 nitrogen and oxygen atoms in total. The fraction of sp³-hybridized carbons (Fsp3) is 0.457. The predicted molar refractivity (Wildman–Crippen MR) is 178 cm³/mol. The molecule has 2 aromatic carbocycles. The molecule has 0 spiro atoms. The first-order valence-electron chi connectivity index (χ1n) is 15.1. The number of amides is 1. The smallest absolute Gasteiger partial charge is 0.408 e. The van der Waals surface area contributed by atoms with Crippen molar-refractivity contribution in [3.8, 4) is 11.3 Å². The molecule has 232 valence electrons. The van der Waals surface area contributed by atoms with E-state index < -0.39 is 23.7 Å². The van der Waals surface area contributed by atoms with Crippen molar-refractivity contribution in [2.75, 3.05) is 10.7 Å². The number of benzene rings is 2. The number of carboxylic acid groups (broad SMARTS) is 1. The SMILES string of the molecule is CCC(CC)c1ccc(N(Cc2ccc(-c3cccc(CSC[C@H](NC(=O)OC(C)(C)C)C(=O)O)n3)cc2)C(C)C)cc1. The zero-order chi connectivity index (χ0) is 31.6. The number of anilines is 1. The molecule has 43 heavy (non-hydrogen) atoms. The molecule has 0 aliphatic heterocycles. The lowest BCUT2D eigenvalue weighted by Gasteiger charge is -2.30. The number of hydrogen-bond donors (Lipinski definition) is 2. The minimum absolute atomic E-state index is 0.196. The van der Waals surface area contributed by atoms with Crippen molar-refractivity contribution < 1.29 is 19.4 Å². The van der Waals surface area contributed by atoms with Gasteiger partial charge in [-0.1, -0.05) is 56.3 Å². The van der Waals surface area contributed by atoms with E-state index in [9.17, 15) is 14.7 Å². The second kappa shape index (κ2) is 15.8. The summed E-state index contributed by atoms with van der Waals surface area (Å²) in [6.07, 6.45) is 1.58. The molecule has 3 rings (SSSR count). The van der Waals surface area contributed by atoms with Crippen molar-refractivity contribution >= 4 is 29.5 Å². The highest BCUT2D eigenvalue weighted by Gasteiger charge is 2.24. The number of aliphatic carboxylic acids is 1. The van der Waals surface area contributed by atoms with E-state index in [1.54, 1.807) is 20.8 Å². The molecule has 1 atom stereocenters. The standard InChI is InChI=1S/C35H47N3O4S/c1-8-26(9-2)27-17-19-30(20-18-27)38(24(3)4)21-25-13-15-28(16-14-25)31-12-10-11-29(36-31)22-43-23-32(33(39)40)37-34(41)42-35(5,6)7/h10-20,24,26,32H,8-9,21-23H2,1-7H3,(H,37,41)(H,39,40)/t32-/m0/s1. The third-order valence-corrected chi connectivity index (χ3v) is 8.31. The highest BCUT2D eigenvalue weighted by atomic mass is 32.2. The van der Waals surface area contributed by atoms with Gasteiger partial charge in [-0.05, 0) is 88.8 Å². The van der Waals surface area contributed by atoms with Crippen LogP contribution in [-0.2, 0) is 21.8 Å². The number of carboxylic acids is 1. The number of ether oxygens (including phenoxy) is 1. The first-order chi connectivity index (χ1) is 20.4. The maximum Gasteiger partial charge on any atom is 0.408 e. The molecular weight excluding hydrogens is 558 g/mol.